The second-order valence-electron chi connectivity index (χ2n) is 17.2. The predicted octanol–water partition coefficient (Wildman–Crippen LogP) is 9.48. The second kappa shape index (κ2) is 20.9. The van der Waals surface area contributed by atoms with Crippen LogP contribution in [0.15, 0.2) is 198 Å². The Bertz CT molecular complexity index is 2960. The molecular weight excluding hydrogens is 933 g/mol. The van der Waals surface area contributed by atoms with Gasteiger partial charge >= 0.3 is 12.1 Å². The highest BCUT2D eigenvalue weighted by Gasteiger charge is 2.54. The van der Waals surface area contributed by atoms with Crippen LogP contribution < -0.4 is 15.5 Å². The van der Waals surface area contributed by atoms with Crippen molar-refractivity contribution in [1.29, 1.82) is 0 Å². The Balaban J connectivity index is 1.00. The van der Waals surface area contributed by atoms with Gasteiger partial charge in [0.2, 0.25) is 0 Å². The van der Waals surface area contributed by atoms with E-state index in [2.05, 4.69) is 76.5 Å². The second-order valence-corrected chi connectivity index (χ2v) is 19.2. The zero-order valence-corrected chi connectivity index (χ0v) is 39.9. The van der Waals surface area contributed by atoms with Crippen molar-refractivity contribution in [3.05, 3.63) is 232 Å². The van der Waals surface area contributed by atoms with Crippen molar-refractivity contribution >= 4 is 57.8 Å². The molecule has 7 aromatic rings. The summed E-state index contributed by atoms with van der Waals surface area (Å²) in [6.07, 6.45) is 1.22. The van der Waals surface area contributed by atoms with Gasteiger partial charge < -0.3 is 30.2 Å². The van der Waals surface area contributed by atoms with E-state index in [-0.39, 0.29) is 35.4 Å². The molecule has 6 aromatic carbocycles. The number of para-hydroxylation sites is 1. The quantitative estimate of drug-likeness (QED) is 0.0368. The number of carbonyl (C=O) groups excluding carboxylic acids is 3. The van der Waals surface area contributed by atoms with Gasteiger partial charge in [-0.2, -0.15) is 0 Å². The number of thiazole rings is 1. The van der Waals surface area contributed by atoms with E-state index in [1.165, 1.54) is 23.1 Å². The fourth-order valence-corrected chi connectivity index (χ4v) is 11.5. The Morgan fingerprint density at radius 3 is 1.85 bits per heavy atom. The lowest BCUT2D eigenvalue weighted by Gasteiger charge is -2.49. The number of oxime groups is 1. The molecule has 3 amide bonds. The number of carbonyl (C=O) groups is 4. The molecule has 0 radical (unpaired) electrons. The standard InChI is InChI=1S/C56H48N6O7S2/c63-50(58-48-51(64)62-49(53(65)66)39(35-70-52(48)62)34-68-55(67)61-32-18-19-33-61)47(60-69-45-31-17-16-30-43(45)46(37-20-6-1-7-21-37)38-22-8-2-9-23-38)44-36-71-54(57-44)59-56(40-24-10-3-11-25-40,41-26-12-4-13-27-41)42-28-14-5-15-29-42/h1-17,20-31,36,46,48,52H,18-19,32-35H2,(H,57,59)(H,58,63)(H,65,66)/t48?,52-/m0/s1. The van der Waals surface area contributed by atoms with Crippen molar-refractivity contribution in [2.24, 2.45) is 5.16 Å². The number of ether oxygens (including phenoxy) is 1. The van der Waals surface area contributed by atoms with Crippen molar-refractivity contribution in [3.8, 4) is 5.75 Å². The van der Waals surface area contributed by atoms with E-state index in [9.17, 15) is 24.3 Å². The molecule has 2 saturated heterocycles. The van der Waals surface area contributed by atoms with Crippen LogP contribution in [0.1, 0.15) is 57.8 Å². The summed E-state index contributed by atoms with van der Waals surface area (Å²) in [5, 5.41) is 23.0. The number of benzene rings is 6. The van der Waals surface area contributed by atoms with E-state index in [1.54, 1.807) is 16.3 Å². The zero-order chi connectivity index (χ0) is 48.7. The van der Waals surface area contributed by atoms with Crippen molar-refractivity contribution in [2.45, 2.75) is 35.7 Å². The highest BCUT2D eigenvalue weighted by molar-refractivity contribution is 8.00. The monoisotopic (exact) mass is 980 g/mol. The van der Waals surface area contributed by atoms with Crippen molar-refractivity contribution in [1.82, 2.24) is 20.1 Å². The Kier molecular flexibility index (Phi) is 13.8. The number of fused-ring (bicyclic) bond motifs is 1. The summed E-state index contributed by atoms with van der Waals surface area (Å²) in [6.45, 7) is 0.875. The van der Waals surface area contributed by atoms with Gasteiger partial charge in [-0.3, -0.25) is 14.5 Å². The van der Waals surface area contributed by atoms with E-state index in [1.807, 2.05) is 109 Å². The van der Waals surface area contributed by atoms with Crippen LogP contribution in [0.25, 0.3) is 0 Å². The summed E-state index contributed by atoms with van der Waals surface area (Å²) < 4.78 is 5.51. The highest BCUT2D eigenvalue weighted by Crippen LogP contribution is 2.43. The number of anilines is 1. The number of amides is 3. The van der Waals surface area contributed by atoms with Gasteiger partial charge in [-0.1, -0.05) is 175 Å². The molecular formula is C56H48N6O7S2. The normalized spacial score (nSPS) is 16.8. The van der Waals surface area contributed by atoms with Crippen LogP contribution in [0.3, 0.4) is 0 Å². The minimum absolute atomic E-state index is 0.160. The third-order valence-electron chi connectivity index (χ3n) is 12.9. The maximum atomic E-state index is 14.8. The number of aliphatic carboxylic acids is 1. The number of thioether (sulfide) groups is 1. The Labute approximate surface area is 418 Å². The lowest BCUT2D eigenvalue weighted by molar-refractivity contribution is -0.150. The summed E-state index contributed by atoms with van der Waals surface area (Å²) >= 11 is 2.55. The third kappa shape index (κ3) is 9.53. The van der Waals surface area contributed by atoms with Crippen molar-refractivity contribution in [3.63, 3.8) is 0 Å². The molecule has 13 nitrogen and oxygen atoms in total. The Hall–Kier alpha value is -8.01. The molecule has 1 unspecified atom stereocenters. The van der Waals surface area contributed by atoms with Crippen LogP contribution in [0.2, 0.25) is 0 Å². The van der Waals surface area contributed by atoms with E-state index in [0.717, 1.165) is 51.1 Å². The van der Waals surface area contributed by atoms with Gasteiger partial charge in [-0.25, -0.2) is 14.6 Å². The zero-order valence-electron chi connectivity index (χ0n) is 38.3. The topological polar surface area (TPSA) is 163 Å². The number of likely N-dealkylation sites (tertiary alicyclic amines) is 1. The first-order chi connectivity index (χ1) is 34.8. The predicted molar refractivity (Wildman–Crippen MR) is 274 cm³/mol. The van der Waals surface area contributed by atoms with E-state index >= 15 is 0 Å². The van der Waals surface area contributed by atoms with Gasteiger partial charge in [0, 0.05) is 41.3 Å². The molecule has 0 bridgehead atoms. The number of hydrogen-bond acceptors (Lipinski definition) is 11. The molecule has 0 spiro atoms. The maximum Gasteiger partial charge on any atom is 0.410 e. The highest BCUT2D eigenvalue weighted by atomic mass is 32.2. The molecule has 0 saturated carbocycles. The molecule has 0 aliphatic carbocycles. The summed E-state index contributed by atoms with van der Waals surface area (Å²) in [7, 11) is 0. The number of nitrogens with one attached hydrogen (secondary N) is 2. The van der Waals surface area contributed by atoms with Gasteiger partial charge in [0.25, 0.3) is 11.8 Å². The molecule has 2 atom stereocenters. The molecule has 3 aliphatic heterocycles. The number of β-lactam (4-membered cyclic amide) rings is 1. The molecule has 4 heterocycles. The van der Waals surface area contributed by atoms with Crippen LogP contribution in [-0.2, 0) is 24.7 Å². The molecule has 2 fully saturated rings. The van der Waals surface area contributed by atoms with E-state index in [4.69, 9.17) is 14.6 Å². The Morgan fingerprint density at radius 2 is 1.28 bits per heavy atom. The first kappa shape index (κ1) is 46.7. The lowest BCUT2D eigenvalue weighted by Crippen LogP contribution is -2.71. The van der Waals surface area contributed by atoms with Gasteiger partial charge in [-0.15, -0.1) is 23.1 Å². The van der Waals surface area contributed by atoms with Crippen LogP contribution in [0.4, 0.5) is 9.93 Å². The molecule has 10 rings (SSSR count). The molecule has 71 heavy (non-hydrogen) atoms. The smallest absolute Gasteiger partial charge is 0.410 e. The fourth-order valence-electron chi connectivity index (χ4n) is 9.47. The van der Waals surface area contributed by atoms with Crippen molar-refractivity contribution in [2.75, 3.05) is 30.8 Å². The van der Waals surface area contributed by atoms with Crippen LogP contribution in [0.5, 0.6) is 5.75 Å². The summed E-state index contributed by atoms with van der Waals surface area (Å²) in [4.78, 5) is 68.4. The minimum atomic E-state index is -1.33. The number of hydrogen-bond donors (Lipinski definition) is 3. The molecule has 356 valence electrons. The largest absolute Gasteiger partial charge is 0.477 e. The average molecular weight is 981 g/mol. The third-order valence-corrected chi connectivity index (χ3v) is 15.0. The van der Waals surface area contributed by atoms with Crippen molar-refractivity contribution < 1.29 is 33.9 Å². The summed E-state index contributed by atoms with van der Waals surface area (Å²) in [6, 6.07) is 56.7. The van der Waals surface area contributed by atoms with E-state index in [0.29, 0.717) is 29.5 Å². The summed E-state index contributed by atoms with van der Waals surface area (Å²) in [5.74, 6) is -2.43. The van der Waals surface area contributed by atoms with Gasteiger partial charge in [-0.05, 0) is 46.7 Å². The maximum absolute atomic E-state index is 14.8. The van der Waals surface area contributed by atoms with E-state index < -0.39 is 40.8 Å². The van der Waals surface area contributed by atoms with Gasteiger partial charge in [0.1, 0.15) is 35.0 Å². The Morgan fingerprint density at radius 1 is 0.746 bits per heavy atom. The summed E-state index contributed by atoms with van der Waals surface area (Å²) in [5.41, 5.74) is 4.76. The molecule has 3 N–H and O–H groups in total. The minimum Gasteiger partial charge on any atom is -0.477 e. The number of nitrogens with zero attached hydrogens (tertiary/aromatic N) is 4. The van der Waals surface area contributed by atoms with Gasteiger partial charge in [0.15, 0.2) is 16.6 Å². The lowest BCUT2D eigenvalue weighted by atomic mass is 9.77. The molecule has 3 aliphatic rings. The number of aromatic nitrogens is 1. The first-order valence-corrected chi connectivity index (χ1v) is 25.2. The number of rotatable bonds is 16. The number of carboxylic acids is 1. The molecule has 1 aromatic heterocycles. The van der Waals surface area contributed by atoms with Gasteiger partial charge in [0.05, 0.1) is 0 Å². The fraction of sp³-hybridized carbons (Fsp3) is 0.179. The SMILES string of the molecule is O=C(O)C1=C(COC(=O)N2CCCC2)CS[C@H]2C(NC(=O)C(=NOc3ccccc3C(c3ccccc3)c3ccccc3)c3csc(NC(c4ccccc4)(c4ccccc4)c4ccccc4)n3)C(=O)N12. The van der Waals surface area contributed by atoms with Crippen LogP contribution >= 0.6 is 23.1 Å². The molecule has 15 heteroatoms. The first-order valence-electron chi connectivity index (χ1n) is 23.3. The van der Waals surface area contributed by atoms with Crippen LogP contribution in [0, 0.1) is 0 Å². The average Bonchev–Trinajstić information content (AvgIpc) is 4.14. The number of carboxylic acid groups (broad SMARTS) is 1. The van der Waals surface area contributed by atoms with Crippen LogP contribution in [-0.4, -0.2) is 86.3 Å².